The van der Waals surface area contributed by atoms with E-state index in [1.807, 2.05) is 84.9 Å². The zero-order chi connectivity index (χ0) is 20.3. The Kier molecular flexibility index (Phi) is 7.12. The standard InChI is InChI=1S/C23H21N3O3/c27-22(24-15-18-9-3-1-4-10-18)23(28)26-25-16-20-13-7-8-14-21(20)29-17-19-11-5-2-6-12-19/h1-14,16H,15,17H2,(H,24,27)(H,26,28)/b25-16-. The van der Waals surface area contributed by atoms with E-state index in [0.29, 0.717) is 17.9 Å². The lowest BCUT2D eigenvalue weighted by Crippen LogP contribution is -2.37. The van der Waals surface area contributed by atoms with Gasteiger partial charge in [-0.05, 0) is 23.3 Å². The highest BCUT2D eigenvalue weighted by atomic mass is 16.5. The number of nitrogens with one attached hydrogen (secondary N) is 2. The smallest absolute Gasteiger partial charge is 0.329 e. The van der Waals surface area contributed by atoms with Gasteiger partial charge in [0.15, 0.2) is 0 Å². The molecular formula is C23H21N3O3. The number of para-hydroxylation sites is 1. The summed E-state index contributed by atoms with van der Waals surface area (Å²) in [5.74, 6) is -0.956. The van der Waals surface area contributed by atoms with E-state index >= 15 is 0 Å². The fourth-order valence-electron chi connectivity index (χ4n) is 2.52. The average Bonchev–Trinajstić information content (AvgIpc) is 2.78. The maximum Gasteiger partial charge on any atom is 0.329 e. The number of carbonyl (C=O) groups is 2. The Labute approximate surface area is 169 Å². The van der Waals surface area contributed by atoms with Crippen molar-refractivity contribution in [1.29, 1.82) is 0 Å². The Hall–Kier alpha value is -3.93. The summed E-state index contributed by atoms with van der Waals surface area (Å²) >= 11 is 0. The van der Waals surface area contributed by atoms with E-state index in [2.05, 4.69) is 15.8 Å². The molecule has 0 fully saturated rings. The van der Waals surface area contributed by atoms with Crippen LogP contribution in [0.15, 0.2) is 90.0 Å². The van der Waals surface area contributed by atoms with Crippen LogP contribution < -0.4 is 15.5 Å². The van der Waals surface area contributed by atoms with Crippen molar-refractivity contribution in [2.24, 2.45) is 5.10 Å². The van der Waals surface area contributed by atoms with E-state index in [1.54, 1.807) is 0 Å². The molecule has 0 aromatic heterocycles. The molecule has 6 heteroatoms. The van der Waals surface area contributed by atoms with Gasteiger partial charge < -0.3 is 10.1 Å². The molecule has 3 aromatic rings. The Morgan fingerprint density at radius 3 is 2.14 bits per heavy atom. The molecule has 0 radical (unpaired) electrons. The summed E-state index contributed by atoms with van der Waals surface area (Å²) in [5, 5.41) is 6.42. The minimum absolute atomic E-state index is 0.271. The maximum atomic E-state index is 11.9. The Bertz CT molecular complexity index is 973. The van der Waals surface area contributed by atoms with Crippen LogP contribution in [-0.2, 0) is 22.7 Å². The molecule has 0 heterocycles. The van der Waals surface area contributed by atoms with Gasteiger partial charge >= 0.3 is 11.8 Å². The maximum absolute atomic E-state index is 11.9. The van der Waals surface area contributed by atoms with Crippen LogP contribution in [0.4, 0.5) is 0 Å². The molecule has 146 valence electrons. The molecule has 0 unspecified atom stereocenters. The fourth-order valence-corrected chi connectivity index (χ4v) is 2.52. The SMILES string of the molecule is O=C(NCc1ccccc1)C(=O)N/N=C\c1ccccc1OCc1ccccc1. The molecule has 0 aliphatic carbocycles. The van der Waals surface area contributed by atoms with Crippen molar-refractivity contribution in [2.45, 2.75) is 13.2 Å². The molecule has 0 saturated carbocycles. The monoisotopic (exact) mass is 387 g/mol. The Morgan fingerprint density at radius 2 is 1.41 bits per heavy atom. The third-order valence-electron chi connectivity index (χ3n) is 4.03. The van der Waals surface area contributed by atoms with Gasteiger partial charge in [0.2, 0.25) is 0 Å². The second-order valence-electron chi connectivity index (χ2n) is 6.18. The number of hydrogen-bond acceptors (Lipinski definition) is 4. The predicted octanol–water partition coefficient (Wildman–Crippen LogP) is 3.03. The lowest BCUT2D eigenvalue weighted by Gasteiger charge is -2.09. The molecular weight excluding hydrogens is 366 g/mol. The van der Waals surface area contributed by atoms with Crippen LogP contribution in [0.25, 0.3) is 0 Å². The van der Waals surface area contributed by atoms with Gasteiger partial charge in [-0.25, -0.2) is 5.43 Å². The number of ether oxygens (including phenoxy) is 1. The van der Waals surface area contributed by atoms with Crippen molar-refractivity contribution in [2.75, 3.05) is 0 Å². The number of nitrogens with zero attached hydrogens (tertiary/aromatic N) is 1. The van der Waals surface area contributed by atoms with Gasteiger partial charge in [0.1, 0.15) is 12.4 Å². The van der Waals surface area contributed by atoms with Gasteiger partial charge in [0.05, 0.1) is 6.21 Å². The molecule has 0 bridgehead atoms. The van der Waals surface area contributed by atoms with Gasteiger partial charge in [-0.2, -0.15) is 5.10 Å². The van der Waals surface area contributed by atoms with Crippen molar-refractivity contribution in [3.05, 3.63) is 102 Å². The molecule has 0 spiro atoms. The van der Waals surface area contributed by atoms with Gasteiger partial charge in [0, 0.05) is 12.1 Å². The minimum atomic E-state index is -0.833. The molecule has 0 atom stereocenters. The van der Waals surface area contributed by atoms with Gasteiger partial charge in [0.25, 0.3) is 0 Å². The van der Waals surface area contributed by atoms with E-state index in [9.17, 15) is 9.59 Å². The van der Waals surface area contributed by atoms with Crippen LogP contribution in [0.5, 0.6) is 5.75 Å². The largest absolute Gasteiger partial charge is 0.488 e. The molecule has 29 heavy (non-hydrogen) atoms. The number of rotatable bonds is 7. The number of amides is 2. The second kappa shape index (κ2) is 10.4. The van der Waals surface area contributed by atoms with Crippen molar-refractivity contribution in [3.8, 4) is 5.75 Å². The third-order valence-corrected chi connectivity index (χ3v) is 4.03. The van der Waals surface area contributed by atoms with Crippen LogP contribution >= 0.6 is 0 Å². The van der Waals surface area contributed by atoms with Crippen LogP contribution in [0.1, 0.15) is 16.7 Å². The van der Waals surface area contributed by atoms with Gasteiger partial charge in [-0.3, -0.25) is 9.59 Å². The molecule has 3 aromatic carbocycles. The van der Waals surface area contributed by atoms with Gasteiger partial charge in [-0.15, -0.1) is 0 Å². The Balaban J connectivity index is 1.51. The first-order valence-corrected chi connectivity index (χ1v) is 9.13. The summed E-state index contributed by atoms with van der Waals surface area (Å²) in [6.07, 6.45) is 1.45. The molecule has 6 nitrogen and oxygen atoms in total. The van der Waals surface area contributed by atoms with Gasteiger partial charge in [-0.1, -0.05) is 72.8 Å². The highest BCUT2D eigenvalue weighted by Gasteiger charge is 2.12. The topological polar surface area (TPSA) is 79.8 Å². The number of carbonyl (C=O) groups excluding carboxylic acids is 2. The van der Waals surface area contributed by atoms with E-state index < -0.39 is 11.8 Å². The molecule has 0 saturated heterocycles. The summed E-state index contributed by atoms with van der Waals surface area (Å²) in [7, 11) is 0. The lowest BCUT2D eigenvalue weighted by atomic mass is 10.2. The van der Waals surface area contributed by atoms with Crippen molar-refractivity contribution < 1.29 is 14.3 Å². The highest BCUT2D eigenvalue weighted by Crippen LogP contribution is 2.17. The predicted molar refractivity (Wildman–Crippen MR) is 111 cm³/mol. The Morgan fingerprint density at radius 1 is 0.793 bits per heavy atom. The molecule has 0 aliphatic heterocycles. The first kappa shape index (κ1) is 19.8. The third kappa shape index (κ3) is 6.32. The summed E-state index contributed by atoms with van der Waals surface area (Å²) in [6, 6.07) is 26.5. The van der Waals surface area contributed by atoms with Crippen LogP contribution in [0, 0.1) is 0 Å². The van der Waals surface area contributed by atoms with Crippen molar-refractivity contribution in [3.63, 3.8) is 0 Å². The van der Waals surface area contributed by atoms with Crippen molar-refractivity contribution >= 4 is 18.0 Å². The van der Waals surface area contributed by atoms with Crippen LogP contribution in [0.3, 0.4) is 0 Å². The molecule has 3 rings (SSSR count). The van der Waals surface area contributed by atoms with E-state index in [4.69, 9.17) is 4.74 Å². The number of benzene rings is 3. The van der Waals surface area contributed by atoms with E-state index in [0.717, 1.165) is 11.1 Å². The fraction of sp³-hybridized carbons (Fsp3) is 0.0870. The summed E-state index contributed by atoms with van der Waals surface area (Å²) in [4.78, 5) is 23.7. The first-order valence-electron chi connectivity index (χ1n) is 9.13. The normalized spacial score (nSPS) is 10.5. The van der Waals surface area contributed by atoms with Crippen LogP contribution in [-0.4, -0.2) is 18.0 Å². The molecule has 2 N–H and O–H groups in total. The summed E-state index contributed by atoms with van der Waals surface area (Å²) < 4.78 is 5.83. The molecule has 0 aliphatic rings. The van der Waals surface area contributed by atoms with Crippen LogP contribution in [0.2, 0.25) is 0 Å². The number of hydrazone groups is 1. The first-order chi connectivity index (χ1) is 14.2. The number of hydrogen-bond donors (Lipinski definition) is 2. The molecule has 2 amide bonds. The average molecular weight is 387 g/mol. The summed E-state index contributed by atoms with van der Waals surface area (Å²) in [5.41, 5.74) is 4.87. The minimum Gasteiger partial charge on any atom is -0.488 e. The zero-order valence-electron chi connectivity index (χ0n) is 15.7. The lowest BCUT2D eigenvalue weighted by molar-refractivity contribution is -0.139. The van der Waals surface area contributed by atoms with E-state index in [-0.39, 0.29) is 6.54 Å². The van der Waals surface area contributed by atoms with Crippen molar-refractivity contribution in [1.82, 2.24) is 10.7 Å². The van der Waals surface area contributed by atoms with E-state index in [1.165, 1.54) is 6.21 Å². The zero-order valence-corrected chi connectivity index (χ0v) is 15.7. The second-order valence-corrected chi connectivity index (χ2v) is 6.18. The quantitative estimate of drug-likeness (QED) is 0.372. The summed E-state index contributed by atoms with van der Waals surface area (Å²) in [6.45, 7) is 0.687. The highest BCUT2D eigenvalue weighted by molar-refractivity contribution is 6.35.